The van der Waals surface area contributed by atoms with Crippen molar-refractivity contribution in [2.75, 3.05) is 0 Å². The molecule has 0 saturated heterocycles. The standard InChI is InChI=1S/C17H16N2O/c1-2-3-4-5-6-7-8-11-15-12-9-10-13-16(15)17(20)14-19-18/h2-4,9-10,12-14H,1,5-7H2/b4-3+. The highest BCUT2D eigenvalue weighted by Crippen LogP contribution is 2.07. The molecule has 0 saturated carbocycles. The van der Waals surface area contributed by atoms with Gasteiger partial charge in [0.05, 0.1) is 0 Å². The van der Waals surface area contributed by atoms with Crippen LogP contribution in [0.25, 0.3) is 5.53 Å². The molecule has 0 fully saturated rings. The number of carbonyl (C=O) groups excluding carboxylic acids is 1. The molecule has 0 spiro atoms. The molecule has 0 N–H and O–H groups in total. The van der Waals surface area contributed by atoms with Crippen LogP contribution in [0.15, 0.2) is 49.1 Å². The van der Waals surface area contributed by atoms with Gasteiger partial charge >= 0.3 is 6.21 Å². The van der Waals surface area contributed by atoms with Gasteiger partial charge in [0, 0.05) is 17.5 Å². The molecule has 0 aliphatic rings. The van der Waals surface area contributed by atoms with E-state index in [-0.39, 0.29) is 5.78 Å². The lowest BCUT2D eigenvalue weighted by Crippen LogP contribution is -2.03. The van der Waals surface area contributed by atoms with E-state index in [1.165, 1.54) is 0 Å². The largest absolute Gasteiger partial charge is 0.361 e. The average Bonchev–Trinajstić information content (AvgIpc) is 2.47. The normalized spacial score (nSPS) is 9.40. The fourth-order valence-corrected chi connectivity index (χ4v) is 1.59. The monoisotopic (exact) mass is 264 g/mol. The van der Waals surface area contributed by atoms with Crippen LogP contribution in [-0.4, -0.2) is 16.8 Å². The van der Waals surface area contributed by atoms with Gasteiger partial charge in [-0.25, -0.2) is 0 Å². The van der Waals surface area contributed by atoms with Crippen LogP contribution in [0.4, 0.5) is 0 Å². The van der Waals surface area contributed by atoms with E-state index in [0.717, 1.165) is 25.5 Å². The van der Waals surface area contributed by atoms with Crippen molar-refractivity contribution in [3.63, 3.8) is 0 Å². The Kier molecular flexibility index (Phi) is 7.12. The first-order chi connectivity index (χ1) is 9.79. The molecule has 0 heterocycles. The predicted molar refractivity (Wildman–Crippen MR) is 80.5 cm³/mol. The Balaban J connectivity index is 2.69. The Morgan fingerprint density at radius 3 is 2.95 bits per heavy atom. The maximum Gasteiger partial charge on any atom is 0.328 e. The molecule has 100 valence electrons. The molecule has 0 aliphatic heterocycles. The van der Waals surface area contributed by atoms with Crippen LogP contribution in [0.1, 0.15) is 35.2 Å². The molecular weight excluding hydrogens is 248 g/mol. The summed E-state index contributed by atoms with van der Waals surface area (Å²) in [6.07, 6.45) is 9.26. The third kappa shape index (κ3) is 5.30. The lowest BCUT2D eigenvalue weighted by molar-refractivity contribution is 0.00234. The highest BCUT2D eigenvalue weighted by Gasteiger charge is 2.10. The lowest BCUT2D eigenvalue weighted by Gasteiger charge is -1.96. The number of benzene rings is 1. The van der Waals surface area contributed by atoms with Crippen LogP contribution in [0.3, 0.4) is 0 Å². The van der Waals surface area contributed by atoms with Gasteiger partial charge in [-0.3, -0.25) is 4.79 Å². The number of hydrogen-bond acceptors (Lipinski definition) is 1. The second-order valence-electron chi connectivity index (χ2n) is 4.01. The van der Waals surface area contributed by atoms with E-state index in [1.54, 1.807) is 24.3 Å². The SMILES string of the molecule is C=C/C=C/CCCC#Cc1ccccc1C(=O)C=[N+]=[N-]. The molecule has 1 aromatic carbocycles. The van der Waals surface area contributed by atoms with Crippen LogP contribution in [0.2, 0.25) is 0 Å². The van der Waals surface area contributed by atoms with E-state index in [4.69, 9.17) is 5.53 Å². The first-order valence-corrected chi connectivity index (χ1v) is 6.37. The van der Waals surface area contributed by atoms with Gasteiger partial charge in [0.2, 0.25) is 0 Å². The summed E-state index contributed by atoms with van der Waals surface area (Å²) in [5.74, 6) is 5.68. The molecule has 1 rings (SSSR count). The minimum atomic E-state index is -0.355. The highest BCUT2D eigenvalue weighted by molar-refractivity contribution is 6.34. The molecule has 3 nitrogen and oxygen atoms in total. The number of carbonyl (C=O) groups is 1. The van der Waals surface area contributed by atoms with E-state index in [9.17, 15) is 4.79 Å². The summed E-state index contributed by atoms with van der Waals surface area (Å²) in [6, 6.07) is 7.03. The van der Waals surface area contributed by atoms with Crippen molar-refractivity contribution in [1.29, 1.82) is 0 Å². The summed E-state index contributed by atoms with van der Waals surface area (Å²) >= 11 is 0. The average molecular weight is 264 g/mol. The zero-order valence-electron chi connectivity index (χ0n) is 11.2. The number of hydrogen-bond donors (Lipinski definition) is 0. The number of nitrogens with zero attached hydrogens (tertiary/aromatic N) is 2. The van der Waals surface area contributed by atoms with E-state index in [1.807, 2.05) is 18.2 Å². The van der Waals surface area contributed by atoms with Gasteiger partial charge in [-0.2, -0.15) is 4.79 Å². The topological polar surface area (TPSA) is 53.5 Å². The van der Waals surface area contributed by atoms with Crippen molar-refractivity contribution in [1.82, 2.24) is 0 Å². The maximum atomic E-state index is 11.7. The Morgan fingerprint density at radius 1 is 1.40 bits per heavy atom. The molecule has 0 amide bonds. The van der Waals surface area contributed by atoms with E-state index >= 15 is 0 Å². The van der Waals surface area contributed by atoms with Gasteiger partial charge < -0.3 is 5.53 Å². The van der Waals surface area contributed by atoms with E-state index in [2.05, 4.69) is 23.2 Å². The molecular formula is C17H16N2O. The van der Waals surface area contributed by atoms with Gasteiger partial charge in [-0.05, 0) is 25.0 Å². The highest BCUT2D eigenvalue weighted by atomic mass is 16.1. The first kappa shape index (κ1) is 15.4. The van der Waals surface area contributed by atoms with E-state index in [0.29, 0.717) is 11.1 Å². The number of rotatable bonds is 6. The Bertz CT molecular complexity index is 611. The van der Waals surface area contributed by atoms with Crippen molar-refractivity contribution in [3.05, 3.63) is 65.7 Å². The number of Topliss-reactive ketones (excluding diaryl/α,β-unsaturated/α-hetero) is 1. The van der Waals surface area contributed by atoms with Crippen LogP contribution in [0.5, 0.6) is 0 Å². The zero-order chi connectivity index (χ0) is 14.6. The second kappa shape index (κ2) is 9.27. The molecule has 20 heavy (non-hydrogen) atoms. The van der Waals surface area contributed by atoms with Crippen molar-refractivity contribution in [3.8, 4) is 11.8 Å². The van der Waals surface area contributed by atoms with Gasteiger partial charge in [0.25, 0.3) is 5.78 Å². The van der Waals surface area contributed by atoms with Gasteiger partial charge in [0.1, 0.15) is 0 Å². The molecule has 0 atom stereocenters. The van der Waals surface area contributed by atoms with Crippen molar-refractivity contribution >= 4 is 12.0 Å². The number of unbranched alkanes of at least 4 members (excludes halogenated alkanes) is 2. The van der Waals surface area contributed by atoms with Crippen molar-refractivity contribution in [2.24, 2.45) is 0 Å². The van der Waals surface area contributed by atoms with Crippen LogP contribution >= 0.6 is 0 Å². The van der Waals surface area contributed by atoms with Gasteiger partial charge in [0.15, 0.2) is 0 Å². The minimum Gasteiger partial charge on any atom is -0.361 e. The van der Waals surface area contributed by atoms with Crippen molar-refractivity contribution in [2.45, 2.75) is 19.3 Å². The van der Waals surface area contributed by atoms with Crippen molar-refractivity contribution < 1.29 is 9.58 Å². The molecule has 0 bridgehead atoms. The molecule has 0 aliphatic carbocycles. The van der Waals surface area contributed by atoms with Gasteiger partial charge in [-0.15, -0.1) is 0 Å². The minimum absolute atomic E-state index is 0.355. The summed E-state index contributed by atoms with van der Waals surface area (Å²) in [5.41, 5.74) is 9.51. The first-order valence-electron chi connectivity index (χ1n) is 6.37. The molecule has 0 unspecified atom stereocenters. The maximum absolute atomic E-state index is 11.7. The Labute approximate surface area is 119 Å². The summed E-state index contributed by atoms with van der Waals surface area (Å²) in [7, 11) is 0. The quantitative estimate of drug-likeness (QED) is 0.148. The van der Waals surface area contributed by atoms with Crippen LogP contribution < -0.4 is 0 Å². The third-order valence-electron chi connectivity index (χ3n) is 2.54. The Morgan fingerprint density at radius 2 is 2.20 bits per heavy atom. The summed E-state index contributed by atoms with van der Waals surface area (Å²) < 4.78 is 0. The molecule has 1 aromatic rings. The summed E-state index contributed by atoms with van der Waals surface area (Å²) in [6.45, 7) is 3.60. The summed E-state index contributed by atoms with van der Waals surface area (Å²) in [4.78, 5) is 14.4. The van der Waals surface area contributed by atoms with Crippen LogP contribution in [-0.2, 0) is 0 Å². The fourth-order valence-electron chi connectivity index (χ4n) is 1.59. The smallest absolute Gasteiger partial charge is 0.328 e. The molecule has 0 radical (unpaired) electrons. The van der Waals surface area contributed by atoms with E-state index < -0.39 is 0 Å². The van der Waals surface area contributed by atoms with Gasteiger partial charge in [-0.1, -0.05) is 48.8 Å². The lowest BCUT2D eigenvalue weighted by atomic mass is 10.0. The van der Waals surface area contributed by atoms with Crippen LogP contribution in [0, 0.1) is 11.8 Å². The second-order valence-corrected chi connectivity index (χ2v) is 4.01. The zero-order valence-corrected chi connectivity index (χ0v) is 11.2. The number of allylic oxidation sites excluding steroid dienone is 3. The predicted octanol–water partition coefficient (Wildman–Crippen LogP) is 3.43. The molecule has 3 heteroatoms. The third-order valence-corrected chi connectivity index (χ3v) is 2.54. The molecule has 0 aromatic heterocycles. The Hall–Kier alpha value is -2.69. The number of ketones is 1. The summed E-state index contributed by atoms with van der Waals surface area (Å²) in [5, 5.41) is 0. The fraction of sp³-hybridized carbons (Fsp3) is 0.176.